The smallest absolute Gasteiger partial charge is 0.341 e. The van der Waals surface area contributed by atoms with E-state index in [4.69, 9.17) is 4.74 Å². The number of hydrogen-bond acceptors (Lipinski definition) is 4. The third kappa shape index (κ3) is 3.51. The average Bonchev–Trinajstić information content (AvgIpc) is 2.29. The van der Waals surface area contributed by atoms with Crippen molar-refractivity contribution in [2.24, 2.45) is 0 Å². The molecule has 4 heteroatoms. The summed E-state index contributed by atoms with van der Waals surface area (Å²) in [5.41, 5.74) is 1.27. The fraction of sp³-hybridized carbons (Fsp3) is 0.615. The highest BCUT2D eigenvalue weighted by Gasteiger charge is 2.17. The summed E-state index contributed by atoms with van der Waals surface area (Å²) in [5, 5.41) is 0. The Morgan fingerprint density at radius 3 is 2.65 bits per heavy atom. The van der Waals surface area contributed by atoms with E-state index in [1.54, 1.807) is 13.1 Å². The Balaban J connectivity index is 3.08. The van der Waals surface area contributed by atoms with Crippen molar-refractivity contribution < 1.29 is 9.53 Å². The summed E-state index contributed by atoms with van der Waals surface area (Å²) in [5.74, 6) is 0.650. The summed E-state index contributed by atoms with van der Waals surface area (Å²) in [6.07, 6.45) is 3.42. The lowest BCUT2D eigenvalue weighted by Crippen LogP contribution is -2.13. The number of aryl methyl sites for hydroxylation is 1. The number of carbonyl (C=O) groups excluding carboxylic acids is 1. The van der Waals surface area contributed by atoms with E-state index in [9.17, 15) is 4.79 Å². The fourth-order valence-corrected chi connectivity index (χ4v) is 1.58. The van der Waals surface area contributed by atoms with E-state index < -0.39 is 0 Å². The molecule has 0 bridgehead atoms. The van der Waals surface area contributed by atoms with Crippen LogP contribution >= 0.6 is 0 Å². The van der Waals surface area contributed by atoms with Crippen LogP contribution in [-0.4, -0.2) is 22.5 Å². The van der Waals surface area contributed by atoms with E-state index in [1.807, 2.05) is 13.8 Å². The molecule has 1 aromatic rings. The van der Waals surface area contributed by atoms with Gasteiger partial charge in [-0.05, 0) is 19.3 Å². The maximum Gasteiger partial charge on any atom is 0.341 e. The molecule has 0 unspecified atom stereocenters. The standard InChI is InChI=1S/C13H20N2O2/c1-5-7-11-14-8-10(13(16)17-6-2)12(15-11)9(3)4/h8-9H,5-7H2,1-4H3. The lowest BCUT2D eigenvalue weighted by Gasteiger charge is -2.11. The largest absolute Gasteiger partial charge is 0.462 e. The minimum absolute atomic E-state index is 0.188. The Kier molecular flexibility index (Phi) is 5.07. The van der Waals surface area contributed by atoms with Crippen LogP contribution in [0.5, 0.6) is 0 Å². The summed E-state index contributed by atoms with van der Waals surface area (Å²) >= 11 is 0. The van der Waals surface area contributed by atoms with Gasteiger partial charge in [0.05, 0.1) is 17.9 Å². The lowest BCUT2D eigenvalue weighted by molar-refractivity contribution is 0.0523. The average molecular weight is 236 g/mol. The van der Waals surface area contributed by atoms with Crippen molar-refractivity contribution in [2.75, 3.05) is 6.61 Å². The first kappa shape index (κ1) is 13.6. The van der Waals surface area contributed by atoms with Gasteiger partial charge in [0.25, 0.3) is 0 Å². The third-order valence-corrected chi connectivity index (χ3v) is 2.38. The molecule has 0 amide bonds. The first-order valence-corrected chi connectivity index (χ1v) is 6.13. The van der Waals surface area contributed by atoms with Crippen LogP contribution in [0, 0.1) is 0 Å². The molecule has 4 nitrogen and oxygen atoms in total. The van der Waals surface area contributed by atoms with Gasteiger partial charge in [-0.2, -0.15) is 0 Å². The molecule has 1 aromatic heterocycles. The molecule has 94 valence electrons. The van der Waals surface area contributed by atoms with Gasteiger partial charge in [-0.15, -0.1) is 0 Å². The summed E-state index contributed by atoms with van der Waals surface area (Å²) in [6.45, 7) is 8.27. The third-order valence-electron chi connectivity index (χ3n) is 2.38. The van der Waals surface area contributed by atoms with Crippen LogP contribution in [0.15, 0.2) is 6.20 Å². The van der Waals surface area contributed by atoms with Crippen LogP contribution in [0.4, 0.5) is 0 Å². The fourth-order valence-electron chi connectivity index (χ4n) is 1.58. The van der Waals surface area contributed by atoms with Gasteiger partial charge < -0.3 is 4.74 Å². The zero-order valence-electron chi connectivity index (χ0n) is 11.0. The molecule has 0 aliphatic rings. The van der Waals surface area contributed by atoms with Gasteiger partial charge >= 0.3 is 5.97 Å². The second-order valence-corrected chi connectivity index (χ2v) is 4.21. The first-order valence-electron chi connectivity index (χ1n) is 6.13. The Bertz CT molecular complexity index is 389. The number of nitrogens with zero attached hydrogens (tertiary/aromatic N) is 2. The van der Waals surface area contributed by atoms with Crippen molar-refractivity contribution in [1.29, 1.82) is 0 Å². The molecule has 0 radical (unpaired) electrons. The number of ether oxygens (including phenoxy) is 1. The Morgan fingerprint density at radius 1 is 1.41 bits per heavy atom. The zero-order valence-corrected chi connectivity index (χ0v) is 11.0. The van der Waals surface area contributed by atoms with Crippen molar-refractivity contribution in [1.82, 2.24) is 9.97 Å². The van der Waals surface area contributed by atoms with Crippen LogP contribution in [0.1, 0.15) is 61.9 Å². The molecule has 1 heterocycles. The molecule has 1 rings (SSSR count). The van der Waals surface area contributed by atoms with Crippen LogP contribution in [0.2, 0.25) is 0 Å². The van der Waals surface area contributed by atoms with Gasteiger partial charge in [0.15, 0.2) is 0 Å². The highest BCUT2D eigenvalue weighted by Crippen LogP contribution is 2.18. The molecule has 0 fully saturated rings. The van der Waals surface area contributed by atoms with E-state index in [2.05, 4.69) is 16.9 Å². The maximum absolute atomic E-state index is 11.7. The maximum atomic E-state index is 11.7. The van der Waals surface area contributed by atoms with E-state index in [-0.39, 0.29) is 11.9 Å². The summed E-state index contributed by atoms with van der Waals surface area (Å²) < 4.78 is 5.00. The highest BCUT2D eigenvalue weighted by molar-refractivity contribution is 5.90. The molecular formula is C13H20N2O2. The quantitative estimate of drug-likeness (QED) is 0.738. The normalized spacial score (nSPS) is 10.6. The van der Waals surface area contributed by atoms with Crippen molar-refractivity contribution in [3.63, 3.8) is 0 Å². The number of hydrogen-bond donors (Lipinski definition) is 0. The Hall–Kier alpha value is -1.45. The predicted molar refractivity (Wildman–Crippen MR) is 66.1 cm³/mol. The van der Waals surface area contributed by atoms with Gasteiger partial charge in [-0.3, -0.25) is 0 Å². The van der Waals surface area contributed by atoms with Crippen LogP contribution in [-0.2, 0) is 11.2 Å². The summed E-state index contributed by atoms with van der Waals surface area (Å²) in [4.78, 5) is 20.4. The molecule has 0 N–H and O–H groups in total. The van der Waals surface area contributed by atoms with Gasteiger partial charge in [-0.25, -0.2) is 14.8 Å². The lowest BCUT2D eigenvalue weighted by atomic mass is 10.1. The summed E-state index contributed by atoms with van der Waals surface area (Å²) in [6, 6.07) is 0. The van der Waals surface area contributed by atoms with E-state index in [0.717, 1.165) is 24.4 Å². The van der Waals surface area contributed by atoms with Crippen molar-refractivity contribution >= 4 is 5.97 Å². The molecule has 0 aromatic carbocycles. The van der Waals surface area contributed by atoms with Crippen LogP contribution < -0.4 is 0 Å². The Labute approximate surface area is 102 Å². The van der Waals surface area contributed by atoms with Gasteiger partial charge in [0.2, 0.25) is 0 Å². The summed E-state index contributed by atoms with van der Waals surface area (Å²) in [7, 11) is 0. The molecule has 0 saturated carbocycles. The van der Waals surface area contributed by atoms with Crippen molar-refractivity contribution in [3.05, 3.63) is 23.3 Å². The van der Waals surface area contributed by atoms with Gasteiger partial charge in [0, 0.05) is 12.6 Å². The molecular weight excluding hydrogens is 216 g/mol. The molecule has 0 aliphatic carbocycles. The second kappa shape index (κ2) is 6.33. The van der Waals surface area contributed by atoms with E-state index in [1.165, 1.54) is 0 Å². The highest BCUT2D eigenvalue weighted by atomic mass is 16.5. The van der Waals surface area contributed by atoms with Gasteiger partial charge in [0.1, 0.15) is 5.82 Å². The van der Waals surface area contributed by atoms with E-state index in [0.29, 0.717) is 12.2 Å². The zero-order chi connectivity index (χ0) is 12.8. The minimum atomic E-state index is -0.334. The number of rotatable bonds is 5. The van der Waals surface area contributed by atoms with Crippen LogP contribution in [0.3, 0.4) is 0 Å². The Morgan fingerprint density at radius 2 is 2.12 bits per heavy atom. The molecule has 0 aliphatic heterocycles. The number of esters is 1. The molecule has 17 heavy (non-hydrogen) atoms. The second-order valence-electron chi connectivity index (χ2n) is 4.21. The molecule has 0 spiro atoms. The van der Waals surface area contributed by atoms with Crippen molar-refractivity contribution in [3.8, 4) is 0 Å². The SMILES string of the molecule is CCCc1ncc(C(=O)OCC)c(C(C)C)n1. The topological polar surface area (TPSA) is 52.1 Å². The number of carbonyl (C=O) groups is 1. The van der Waals surface area contributed by atoms with E-state index >= 15 is 0 Å². The molecule has 0 saturated heterocycles. The monoisotopic (exact) mass is 236 g/mol. The number of aromatic nitrogens is 2. The van der Waals surface area contributed by atoms with Crippen LogP contribution in [0.25, 0.3) is 0 Å². The molecule has 0 atom stereocenters. The predicted octanol–water partition coefficient (Wildman–Crippen LogP) is 2.73. The minimum Gasteiger partial charge on any atom is -0.462 e. The van der Waals surface area contributed by atoms with Crippen molar-refractivity contribution in [2.45, 2.75) is 46.5 Å². The van der Waals surface area contributed by atoms with Gasteiger partial charge in [-0.1, -0.05) is 20.8 Å². The first-order chi connectivity index (χ1) is 8.10.